The third kappa shape index (κ3) is 6.43. The van der Waals surface area contributed by atoms with Gasteiger partial charge in [-0.3, -0.25) is 9.05 Å². The summed E-state index contributed by atoms with van der Waals surface area (Å²) in [6.45, 7) is 1.57. The van der Waals surface area contributed by atoms with Crippen molar-refractivity contribution in [3.63, 3.8) is 0 Å². The quantitative estimate of drug-likeness (QED) is 0.233. The maximum absolute atomic E-state index is 6.05. The molecule has 4 rings (SSSR count). The molecule has 0 unspecified atom stereocenters. The minimum Gasteiger partial charge on any atom is -0.362 e. The zero-order chi connectivity index (χ0) is 23.6. The van der Waals surface area contributed by atoms with E-state index in [9.17, 15) is 0 Å². The van der Waals surface area contributed by atoms with Crippen molar-refractivity contribution in [3.8, 4) is 0 Å². The molecule has 2 heterocycles. The van der Waals surface area contributed by atoms with Gasteiger partial charge in [-0.1, -0.05) is 60.7 Å². The molecule has 0 saturated heterocycles. The van der Waals surface area contributed by atoms with Gasteiger partial charge in [0, 0.05) is 25.7 Å². The van der Waals surface area contributed by atoms with Crippen molar-refractivity contribution in [1.82, 2.24) is 10.5 Å². The molecule has 0 aliphatic rings. The fourth-order valence-electron chi connectivity index (χ4n) is 4.24. The average Bonchev–Trinajstić information content (AvgIpc) is 3.40. The van der Waals surface area contributed by atoms with Crippen LogP contribution in [0.2, 0.25) is 0 Å². The van der Waals surface area contributed by atoms with Crippen LogP contribution >= 0.6 is 0 Å². The van der Waals surface area contributed by atoms with Crippen molar-refractivity contribution in [2.24, 2.45) is 0 Å². The molecular formula is C26H34N6O2+2. The van der Waals surface area contributed by atoms with E-state index in [1.165, 1.54) is 11.1 Å². The van der Waals surface area contributed by atoms with Crippen LogP contribution in [0, 0.1) is 0 Å². The van der Waals surface area contributed by atoms with Gasteiger partial charge in [0.25, 0.3) is 23.2 Å². The van der Waals surface area contributed by atoms with Crippen molar-refractivity contribution < 1.29 is 18.4 Å². The van der Waals surface area contributed by atoms with Gasteiger partial charge in [-0.25, -0.2) is 0 Å². The predicted octanol–water partition coefficient (Wildman–Crippen LogP) is 3.23. The molecule has 178 valence electrons. The molecule has 2 aromatic carbocycles. The molecule has 0 aliphatic heterocycles. The lowest BCUT2D eigenvalue weighted by atomic mass is 10.1. The van der Waals surface area contributed by atoms with Crippen LogP contribution in [-0.4, -0.2) is 10.5 Å². The zero-order valence-corrected chi connectivity index (χ0v) is 19.6. The second-order valence-electron chi connectivity index (χ2n) is 8.60. The first-order chi connectivity index (χ1) is 16.7. The fourth-order valence-corrected chi connectivity index (χ4v) is 4.24. The van der Waals surface area contributed by atoms with Crippen LogP contribution in [0.4, 0.5) is 11.8 Å². The van der Waals surface area contributed by atoms with Crippen LogP contribution in [0.5, 0.6) is 0 Å². The molecule has 8 heteroatoms. The van der Waals surface area contributed by atoms with E-state index in [1.807, 2.05) is 21.5 Å². The second kappa shape index (κ2) is 12.0. The van der Waals surface area contributed by atoms with Crippen LogP contribution in [0.1, 0.15) is 48.2 Å². The Morgan fingerprint density at radius 3 is 1.38 bits per heavy atom. The van der Waals surface area contributed by atoms with E-state index >= 15 is 0 Å². The number of rotatable bonds is 13. The molecule has 0 spiro atoms. The van der Waals surface area contributed by atoms with E-state index in [2.05, 4.69) is 59.1 Å². The lowest BCUT2D eigenvalue weighted by Gasteiger charge is -2.00. The second-order valence-corrected chi connectivity index (χ2v) is 8.60. The molecular weight excluding hydrogens is 428 g/mol. The smallest absolute Gasteiger partial charge is 0.296 e. The summed E-state index contributed by atoms with van der Waals surface area (Å²) in [7, 11) is 0. The maximum Gasteiger partial charge on any atom is 0.296 e. The number of hydrogen-bond donors (Lipinski definition) is 2. The molecule has 4 N–H and O–H groups in total. The number of nitrogens with zero attached hydrogens (tertiary/aromatic N) is 4. The number of unbranched alkanes of at least 4 members (excludes halogenated alkanes) is 1. The van der Waals surface area contributed by atoms with Crippen LogP contribution in [0.3, 0.4) is 0 Å². The average molecular weight is 463 g/mol. The summed E-state index contributed by atoms with van der Waals surface area (Å²) in [6.07, 6.45) is 7.45. The Hall–Kier alpha value is -3.68. The van der Waals surface area contributed by atoms with E-state index in [0.29, 0.717) is 11.8 Å². The summed E-state index contributed by atoms with van der Waals surface area (Å²) in [6, 6.07) is 20.9. The Morgan fingerprint density at radius 1 is 0.559 bits per heavy atom. The number of nitrogens with two attached hydrogens (primary N) is 2. The summed E-state index contributed by atoms with van der Waals surface area (Å²) in [5.74, 6) is 0.806. The van der Waals surface area contributed by atoms with Gasteiger partial charge in [0.2, 0.25) is 10.5 Å². The first-order valence-corrected chi connectivity index (χ1v) is 12.1. The highest BCUT2D eigenvalue weighted by Gasteiger charge is 2.24. The van der Waals surface area contributed by atoms with Crippen molar-refractivity contribution in [2.75, 3.05) is 11.5 Å². The minimum atomic E-state index is 0.403. The molecule has 34 heavy (non-hydrogen) atoms. The molecule has 8 nitrogen and oxygen atoms in total. The topological polar surface area (TPSA) is 112 Å². The van der Waals surface area contributed by atoms with Gasteiger partial charge in [0.1, 0.15) is 0 Å². The molecule has 0 bridgehead atoms. The summed E-state index contributed by atoms with van der Waals surface area (Å²) >= 11 is 0. The van der Waals surface area contributed by atoms with E-state index < -0.39 is 0 Å². The largest absolute Gasteiger partial charge is 0.362 e. The van der Waals surface area contributed by atoms with Gasteiger partial charge in [-0.15, -0.1) is 0 Å². The Kier molecular flexibility index (Phi) is 8.27. The standard InChI is InChI=1S/C26H34N6O2/c27-25-23(31(29-33-25)19-9-15-21-11-3-1-4-12-21)17-7-8-18-24-26(28)34-30-32(24)20-10-16-22-13-5-2-6-14-22/h1-6,11-14H,7-10,15-20,27-28H2/q+2. The van der Waals surface area contributed by atoms with Crippen molar-refractivity contribution in [3.05, 3.63) is 83.2 Å². The fraction of sp³-hybridized carbons (Fsp3) is 0.385. The highest BCUT2D eigenvalue weighted by Crippen LogP contribution is 2.14. The lowest BCUT2D eigenvalue weighted by molar-refractivity contribution is -0.768. The third-order valence-electron chi connectivity index (χ3n) is 6.10. The molecule has 0 saturated carbocycles. The van der Waals surface area contributed by atoms with Crippen LogP contribution in [-0.2, 0) is 38.8 Å². The summed E-state index contributed by atoms with van der Waals surface area (Å²) in [5.41, 5.74) is 16.7. The van der Waals surface area contributed by atoms with E-state index in [4.69, 9.17) is 20.5 Å². The van der Waals surface area contributed by atoms with Crippen molar-refractivity contribution >= 4 is 11.8 Å². The molecule has 4 aromatic rings. The van der Waals surface area contributed by atoms with Gasteiger partial charge >= 0.3 is 0 Å². The molecule has 0 atom stereocenters. The van der Waals surface area contributed by atoms with Gasteiger partial charge in [0.05, 0.1) is 0 Å². The van der Waals surface area contributed by atoms with Crippen LogP contribution in [0.25, 0.3) is 0 Å². The first kappa shape index (κ1) is 23.5. The van der Waals surface area contributed by atoms with Gasteiger partial charge in [0.15, 0.2) is 13.1 Å². The van der Waals surface area contributed by atoms with Crippen LogP contribution in [0.15, 0.2) is 69.7 Å². The number of hydrogen-bond acceptors (Lipinski definition) is 6. The van der Waals surface area contributed by atoms with Gasteiger partial charge in [-0.2, -0.15) is 0 Å². The van der Waals surface area contributed by atoms with Crippen molar-refractivity contribution in [2.45, 2.75) is 64.5 Å². The Balaban J connectivity index is 1.23. The highest BCUT2D eigenvalue weighted by molar-refractivity contribution is 5.26. The Labute approximate surface area is 200 Å². The molecule has 0 fully saturated rings. The summed E-state index contributed by atoms with van der Waals surface area (Å²) in [5, 5.41) is 8.26. The van der Waals surface area contributed by atoms with Crippen LogP contribution < -0.4 is 20.8 Å². The van der Waals surface area contributed by atoms with E-state index in [0.717, 1.165) is 75.8 Å². The van der Waals surface area contributed by atoms with Gasteiger partial charge in [-0.05, 0) is 46.2 Å². The number of benzene rings is 2. The van der Waals surface area contributed by atoms with Crippen molar-refractivity contribution in [1.29, 1.82) is 0 Å². The predicted molar refractivity (Wildman–Crippen MR) is 128 cm³/mol. The third-order valence-corrected chi connectivity index (χ3v) is 6.10. The summed E-state index contributed by atoms with van der Waals surface area (Å²) in [4.78, 5) is 0. The first-order valence-electron chi connectivity index (χ1n) is 12.1. The zero-order valence-electron chi connectivity index (χ0n) is 19.6. The normalized spacial score (nSPS) is 11.2. The van der Waals surface area contributed by atoms with Gasteiger partial charge < -0.3 is 11.5 Å². The monoisotopic (exact) mass is 462 g/mol. The molecule has 2 aromatic heterocycles. The number of nitrogen functional groups attached to an aromatic ring is 2. The number of aromatic nitrogens is 4. The molecule has 0 radical (unpaired) electrons. The molecule has 0 amide bonds. The summed E-state index contributed by atoms with van der Waals surface area (Å²) < 4.78 is 14.3. The maximum atomic E-state index is 6.05. The minimum absolute atomic E-state index is 0.403. The highest BCUT2D eigenvalue weighted by atomic mass is 16.5. The Morgan fingerprint density at radius 2 is 0.971 bits per heavy atom. The Bertz CT molecular complexity index is 1050. The number of aryl methyl sites for hydroxylation is 4. The number of anilines is 2. The SMILES string of the molecule is Nc1on[n+](CCCc2ccccc2)c1CCCCc1c(N)on[n+]1CCCc1ccccc1. The van der Waals surface area contributed by atoms with E-state index in [-0.39, 0.29) is 0 Å². The van der Waals surface area contributed by atoms with E-state index in [1.54, 1.807) is 0 Å². The molecule has 0 aliphatic carbocycles. The lowest BCUT2D eigenvalue weighted by Crippen LogP contribution is -2.40.